The lowest BCUT2D eigenvalue weighted by molar-refractivity contribution is -0.138. The summed E-state index contributed by atoms with van der Waals surface area (Å²) in [6, 6.07) is 29.1. The SMILES string of the molecule is COc1ccc([C@@]23C(=O)N(Nc4ccc(Cl)cc4Cl)C(=O)[C@@H]2C[C@@H]2C(=CC[C@@H]4C(=O)N(c5ccc(N=Nc6ccc(N(C)C)cc6)cc5)C(=O)[C@@H]42)[C@@H]3c2cc(Cl)c(O)c(OC)c2)cc1. The van der Waals surface area contributed by atoms with Crippen LogP contribution in [0.25, 0.3) is 0 Å². The number of anilines is 3. The number of hydrogen-bond acceptors (Lipinski definition) is 11. The lowest BCUT2D eigenvalue weighted by Crippen LogP contribution is -2.53. The average molecular weight is 920 g/mol. The summed E-state index contributed by atoms with van der Waals surface area (Å²) in [5, 5.41) is 21.1. The maximum atomic E-state index is 15.6. The molecule has 2 heterocycles. The predicted molar refractivity (Wildman–Crippen MR) is 244 cm³/mol. The van der Waals surface area contributed by atoms with Crippen LogP contribution in [0.5, 0.6) is 17.2 Å². The molecule has 5 aromatic rings. The number of halogens is 3. The van der Waals surface area contributed by atoms with Crippen molar-refractivity contribution in [2.24, 2.45) is 33.9 Å². The molecule has 3 fully saturated rings. The summed E-state index contributed by atoms with van der Waals surface area (Å²) in [6.07, 6.45) is 2.15. The summed E-state index contributed by atoms with van der Waals surface area (Å²) < 4.78 is 11.1. The molecule has 2 N–H and O–H groups in total. The summed E-state index contributed by atoms with van der Waals surface area (Å²) in [5.41, 5.74) is 5.82. The van der Waals surface area contributed by atoms with Crippen molar-refractivity contribution >= 4 is 86.9 Å². The molecular formula is C48H41Cl3N6O7. The summed E-state index contributed by atoms with van der Waals surface area (Å²) in [5.74, 6) is -6.02. The van der Waals surface area contributed by atoms with Crippen molar-refractivity contribution in [2.75, 3.05) is 43.5 Å². The van der Waals surface area contributed by atoms with Crippen LogP contribution in [-0.4, -0.2) is 62.1 Å². The number of carbonyl (C=O) groups is 4. The van der Waals surface area contributed by atoms with Crippen LogP contribution in [0.2, 0.25) is 15.1 Å². The van der Waals surface area contributed by atoms with Crippen molar-refractivity contribution in [1.29, 1.82) is 0 Å². The highest BCUT2D eigenvalue weighted by molar-refractivity contribution is 6.36. The van der Waals surface area contributed by atoms with Crippen molar-refractivity contribution < 1.29 is 33.8 Å². The average Bonchev–Trinajstić information content (AvgIpc) is 3.68. The number of hydrogen-bond donors (Lipinski definition) is 2. The minimum Gasteiger partial charge on any atom is -0.503 e. The van der Waals surface area contributed by atoms with Crippen molar-refractivity contribution in [3.05, 3.63) is 141 Å². The molecule has 0 radical (unpaired) electrons. The van der Waals surface area contributed by atoms with Crippen molar-refractivity contribution in [1.82, 2.24) is 5.01 Å². The van der Waals surface area contributed by atoms with Crippen LogP contribution in [0.4, 0.5) is 28.4 Å². The molecule has 9 rings (SSSR count). The molecule has 13 nitrogen and oxygen atoms in total. The van der Waals surface area contributed by atoms with Gasteiger partial charge < -0.3 is 19.5 Å². The fourth-order valence-electron chi connectivity index (χ4n) is 9.99. The molecule has 0 unspecified atom stereocenters. The molecule has 2 saturated heterocycles. The van der Waals surface area contributed by atoms with E-state index in [0.717, 1.165) is 10.7 Å². The maximum Gasteiger partial charge on any atom is 0.260 e. The normalized spacial score (nSPS) is 23.8. The van der Waals surface area contributed by atoms with Crippen molar-refractivity contribution in [3.63, 3.8) is 0 Å². The number of fused-ring (bicyclic) bond motifs is 4. The Morgan fingerprint density at radius 3 is 2.06 bits per heavy atom. The third-order valence-corrected chi connectivity index (χ3v) is 13.8. The van der Waals surface area contributed by atoms with Gasteiger partial charge in [0, 0.05) is 30.7 Å². The van der Waals surface area contributed by atoms with E-state index in [-0.39, 0.29) is 46.0 Å². The van der Waals surface area contributed by atoms with Crippen LogP contribution in [-0.2, 0) is 24.6 Å². The molecule has 2 aliphatic carbocycles. The summed E-state index contributed by atoms with van der Waals surface area (Å²) in [7, 11) is 6.82. The predicted octanol–water partition coefficient (Wildman–Crippen LogP) is 10.0. The van der Waals surface area contributed by atoms with E-state index in [9.17, 15) is 14.7 Å². The van der Waals surface area contributed by atoms with Crippen molar-refractivity contribution in [2.45, 2.75) is 24.2 Å². The van der Waals surface area contributed by atoms with Gasteiger partial charge in [0.1, 0.15) is 5.75 Å². The highest BCUT2D eigenvalue weighted by Crippen LogP contribution is 2.65. The minimum absolute atomic E-state index is 0.0390. The zero-order valence-electron chi connectivity index (χ0n) is 35.0. The van der Waals surface area contributed by atoms with Crippen LogP contribution in [0.15, 0.2) is 125 Å². The number of methoxy groups -OCH3 is 2. The maximum absolute atomic E-state index is 15.6. The van der Waals surface area contributed by atoms with E-state index < -0.39 is 52.7 Å². The van der Waals surface area contributed by atoms with E-state index >= 15 is 9.59 Å². The van der Waals surface area contributed by atoms with Gasteiger partial charge in [0.05, 0.1) is 70.2 Å². The minimum atomic E-state index is -1.65. The molecule has 0 bridgehead atoms. The lowest BCUT2D eigenvalue weighted by Gasteiger charge is -2.50. The zero-order chi connectivity index (χ0) is 45.2. The molecule has 6 atom stereocenters. The first-order valence-corrected chi connectivity index (χ1v) is 21.6. The second kappa shape index (κ2) is 16.6. The highest BCUT2D eigenvalue weighted by Gasteiger charge is 2.70. The monoisotopic (exact) mass is 918 g/mol. The lowest BCUT2D eigenvalue weighted by atomic mass is 9.49. The van der Waals surface area contributed by atoms with Gasteiger partial charge in [-0.1, -0.05) is 58.6 Å². The van der Waals surface area contributed by atoms with E-state index in [1.54, 1.807) is 72.8 Å². The molecule has 0 spiro atoms. The Morgan fingerprint density at radius 2 is 1.44 bits per heavy atom. The van der Waals surface area contributed by atoms with Crippen LogP contribution in [0.3, 0.4) is 0 Å². The van der Waals surface area contributed by atoms with Gasteiger partial charge in [0.2, 0.25) is 11.8 Å². The number of rotatable bonds is 10. The number of nitrogens with one attached hydrogen (secondary N) is 1. The number of ether oxygens (including phenoxy) is 2. The first-order chi connectivity index (χ1) is 30.8. The number of phenolic OH excluding ortho intramolecular Hbond substituents is 1. The molecule has 5 aromatic carbocycles. The molecule has 1 saturated carbocycles. The molecule has 4 amide bonds. The summed E-state index contributed by atoms with van der Waals surface area (Å²) in [6.45, 7) is 0. The Labute approximate surface area is 383 Å². The Hall–Kier alpha value is -6.41. The van der Waals surface area contributed by atoms with Gasteiger partial charge in [0.15, 0.2) is 11.5 Å². The third-order valence-electron chi connectivity index (χ3n) is 12.9. The third kappa shape index (κ3) is 6.93. The first-order valence-electron chi connectivity index (χ1n) is 20.4. The fraction of sp³-hybridized carbons (Fsp3) is 0.250. The van der Waals surface area contributed by atoms with Gasteiger partial charge in [0.25, 0.3) is 11.8 Å². The number of nitrogens with zero attached hydrogens (tertiary/aromatic N) is 5. The number of azo groups is 1. The molecule has 16 heteroatoms. The molecule has 64 heavy (non-hydrogen) atoms. The molecular weight excluding hydrogens is 879 g/mol. The largest absolute Gasteiger partial charge is 0.503 e. The summed E-state index contributed by atoms with van der Waals surface area (Å²) in [4.78, 5) is 63.2. The van der Waals surface area contributed by atoms with Crippen LogP contribution in [0.1, 0.15) is 29.9 Å². The van der Waals surface area contributed by atoms with Gasteiger partial charge in [-0.15, -0.1) is 0 Å². The number of imide groups is 2. The van der Waals surface area contributed by atoms with Gasteiger partial charge in [-0.3, -0.25) is 29.5 Å². The van der Waals surface area contributed by atoms with E-state index in [4.69, 9.17) is 44.3 Å². The highest BCUT2D eigenvalue weighted by atomic mass is 35.5. The molecule has 4 aliphatic rings. The quantitative estimate of drug-likeness (QED) is 0.0792. The second-order valence-corrected chi connectivity index (χ2v) is 17.7. The smallest absolute Gasteiger partial charge is 0.260 e. The second-order valence-electron chi connectivity index (χ2n) is 16.4. The summed E-state index contributed by atoms with van der Waals surface area (Å²) >= 11 is 19.5. The first kappa shape index (κ1) is 42.9. The molecule has 326 valence electrons. The Bertz CT molecular complexity index is 2780. The van der Waals surface area contributed by atoms with Crippen LogP contribution < -0.4 is 24.7 Å². The molecule has 2 aliphatic heterocycles. The van der Waals surface area contributed by atoms with E-state index in [1.165, 1.54) is 25.2 Å². The number of carbonyl (C=O) groups excluding carboxylic acids is 4. The van der Waals surface area contributed by atoms with E-state index in [0.29, 0.717) is 44.5 Å². The number of benzene rings is 5. The van der Waals surface area contributed by atoms with Crippen LogP contribution >= 0.6 is 34.8 Å². The van der Waals surface area contributed by atoms with Gasteiger partial charge in [-0.2, -0.15) is 15.2 Å². The standard InChI is InChI=1S/C48H41Cl3N6O7/c1-55(2)30-12-8-28(9-13-30)52-53-29-10-14-31(15-11-29)56-44(59)34-19-18-33-35(41(34)46(56)61)24-36-45(60)57(54-39-20-7-27(49)23-37(39)50)47(62)48(36,26-5-16-32(63-3)17-6-26)42(33)25-21-38(51)43(58)40(22-25)64-4/h5-18,20-23,34-36,41-42,54,58H,19,24H2,1-4H3/t34-,35+,36-,41-,42-,48+/m0/s1. The zero-order valence-corrected chi connectivity index (χ0v) is 37.2. The number of allylic oxidation sites excluding steroid dienone is 2. The van der Waals surface area contributed by atoms with Crippen molar-refractivity contribution in [3.8, 4) is 17.2 Å². The van der Waals surface area contributed by atoms with Crippen LogP contribution in [0, 0.1) is 23.7 Å². The Balaban J connectivity index is 1.14. The van der Waals surface area contributed by atoms with E-state index in [1.807, 2.05) is 49.3 Å². The fourth-order valence-corrected chi connectivity index (χ4v) is 10.7. The number of phenols is 1. The number of aromatic hydroxyl groups is 1. The number of amides is 4. The Morgan fingerprint density at radius 1 is 0.766 bits per heavy atom. The number of hydrazine groups is 1. The van der Waals surface area contributed by atoms with E-state index in [2.05, 4.69) is 15.7 Å². The van der Waals surface area contributed by atoms with Gasteiger partial charge in [-0.05, 0) is 121 Å². The molecule has 0 aromatic heterocycles. The van der Waals surface area contributed by atoms with Gasteiger partial charge in [-0.25, -0.2) is 0 Å². The van der Waals surface area contributed by atoms with Gasteiger partial charge >= 0.3 is 0 Å². The topological polar surface area (TPSA) is 153 Å². The Kier molecular flexibility index (Phi) is 11.1.